The first-order valence-electron chi connectivity index (χ1n) is 10.9. The number of para-hydroxylation sites is 2. The molecule has 2 amide bonds. The van der Waals surface area contributed by atoms with Gasteiger partial charge in [0.15, 0.2) is 17.6 Å². The third-order valence-electron chi connectivity index (χ3n) is 5.50. The lowest BCUT2D eigenvalue weighted by molar-refractivity contribution is 0.0109. The Kier molecular flexibility index (Phi) is 5.63. The standard InChI is InChI=1S/C26H21NO7/c1-2-31-18-10-8-17(9-11-18)27-24(28)20-12-7-16(13-21(20)25(27)29)26(30)33-15-19-14-32-22-5-3-4-6-23(22)34-19/h3-13,19H,2,14-15H2,1H3. The number of carbonyl (C=O) groups is 3. The van der Waals surface area contributed by atoms with Crippen LogP contribution >= 0.6 is 0 Å². The van der Waals surface area contributed by atoms with Crippen molar-refractivity contribution in [3.05, 3.63) is 83.4 Å². The Hall–Kier alpha value is -4.33. The van der Waals surface area contributed by atoms with Gasteiger partial charge in [0.1, 0.15) is 19.0 Å². The van der Waals surface area contributed by atoms with Crippen LogP contribution in [-0.2, 0) is 4.74 Å². The van der Waals surface area contributed by atoms with Crippen LogP contribution in [0.3, 0.4) is 0 Å². The van der Waals surface area contributed by atoms with Gasteiger partial charge in [-0.25, -0.2) is 9.69 Å². The third kappa shape index (κ3) is 3.94. The number of carbonyl (C=O) groups excluding carboxylic acids is 3. The normalized spacial score (nSPS) is 16.3. The molecule has 3 aromatic rings. The number of fused-ring (bicyclic) bond motifs is 2. The van der Waals surface area contributed by atoms with Gasteiger partial charge in [-0.3, -0.25) is 9.59 Å². The number of anilines is 1. The fourth-order valence-electron chi connectivity index (χ4n) is 3.86. The Bertz CT molecular complexity index is 1270. The van der Waals surface area contributed by atoms with Crippen molar-refractivity contribution >= 4 is 23.5 Å². The zero-order chi connectivity index (χ0) is 23.7. The lowest BCUT2D eigenvalue weighted by atomic mass is 10.1. The second-order valence-corrected chi connectivity index (χ2v) is 7.73. The molecule has 0 saturated carbocycles. The molecule has 1 atom stereocenters. The predicted molar refractivity (Wildman–Crippen MR) is 122 cm³/mol. The summed E-state index contributed by atoms with van der Waals surface area (Å²) in [7, 11) is 0. The summed E-state index contributed by atoms with van der Waals surface area (Å²) in [5.74, 6) is 0.304. The first kappa shape index (κ1) is 21.5. The van der Waals surface area contributed by atoms with Crippen LogP contribution < -0.4 is 19.1 Å². The van der Waals surface area contributed by atoms with Crippen LogP contribution in [0, 0.1) is 0 Å². The minimum Gasteiger partial charge on any atom is -0.494 e. The van der Waals surface area contributed by atoms with E-state index >= 15 is 0 Å². The molecule has 172 valence electrons. The zero-order valence-corrected chi connectivity index (χ0v) is 18.4. The molecule has 2 heterocycles. The highest BCUT2D eigenvalue weighted by atomic mass is 16.6. The Balaban J connectivity index is 1.27. The van der Waals surface area contributed by atoms with E-state index in [0.717, 1.165) is 4.90 Å². The molecule has 0 fully saturated rings. The van der Waals surface area contributed by atoms with E-state index in [-0.39, 0.29) is 29.9 Å². The molecule has 5 rings (SSSR count). The first-order valence-corrected chi connectivity index (χ1v) is 10.9. The number of esters is 1. The molecule has 8 heteroatoms. The predicted octanol–water partition coefficient (Wildman–Crippen LogP) is 3.88. The van der Waals surface area contributed by atoms with E-state index in [4.69, 9.17) is 18.9 Å². The van der Waals surface area contributed by atoms with Gasteiger partial charge in [-0.15, -0.1) is 0 Å². The molecule has 3 aromatic carbocycles. The van der Waals surface area contributed by atoms with Gasteiger partial charge in [0.25, 0.3) is 11.8 Å². The Labute approximate surface area is 195 Å². The van der Waals surface area contributed by atoms with E-state index in [0.29, 0.717) is 29.5 Å². The van der Waals surface area contributed by atoms with Gasteiger partial charge in [-0.1, -0.05) is 12.1 Å². The average Bonchev–Trinajstić information content (AvgIpc) is 3.12. The lowest BCUT2D eigenvalue weighted by Gasteiger charge is -2.26. The molecule has 8 nitrogen and oxygen atoms in total. The summed E-state index contributed by atoms with van der Waals surface area (Å²) in [6, 6.07) is 18.3. The van der Waals surface area contributed by atoms with Crippen LogP contribution in [-0.4, -0.2) is 43.7 Å². The molecule has 34 heavy (non-hydrogen) atoms. The van der Waals surface area contributed by atoms with Gasteiger partial charge < -0.3 is 18.9 Å². The van der Waals surface area contributed by atoms with Gasteiger partial charge in [0.2, 0.25) is 0 Å². The molecule has 1 unspecified atom stereocenters. The fourth-order valence-corrected chi connectivity index (χ4v) is 3.86. The van der Waals surface area contributed by atoms with Crippen molar-refractivity contribution in [1.82, 2.24) is 0 Å². The van der Waals surface area contributed by atoms with Crippen LogP contribution in [0.1, 0.15) is 38.0 Å². The maximum absolute atomic E-state index is 13.0. The number of hydrogen-bond acceptors (Lipinski definition) is 7. The minimum atomic E-state index is -0.620. The molecule has 0 radical (unpaired) electrons. The number of nitrogens with zero attached hydrogens (tertiary/aromatic N) is 1. The van der Waals surface area contributed by atoms with Gasteiger partial charge >= 0.3 is 5.97 Å². The summed E-state index contributed by atoms with van der Waals surface area (Å²) in [6.07, 6.45) is -0.452. The monoisotopic (exact) mass is 459 g/mol. The van der Waals surface area contributed by atoms with E-state index in [1.165, 1.54) is 18.2 Å². The van der Waals surface area contributed by atoms with Gasteiger partial charge in [-0.2, -0.15) is 0 Å². The van der Waals surface area contributed by atoms with Crippen molar-refractivity contribution in [1.29, 1.82) is 0 Å². The average molecular weight is 459 g/mol. The van der Waals surface area contributed by atoms with Crippen LogP contribution in [0.25, 0.3) is 0 Å². The number of ether oxygens (including phenoxy) is 4. The van der Waals surface area contributed by atoms with E-state index < -0.39 is 23.9 Å². The molecule has 0 spiro atoms. The van der Waals surface area contributed by atoms with E-state index in [9.17, 15) is 14.4 Å². The third-order valence-corrected chi connectivity index (χ3v) is 5.50. The summed E-state index contributed by atoms with van der Waals surface area (Å²) in [4.78, 5) is 39.6. The Morgan fingerprint density at radius 3 is 2.47 bits per heavy atom. The first-order chi connectivity index (χ1) is 16.5. The molecule has 0 bridgehead atoms. The molecule has 0 aromatic heterocycles. The van der Waals surface area contributed by atoms with Crippen LogP contribution in [0.2, 0.25) is 0 Å². The number of amides is 2. The van der Waals surface area contributed by atoms with Crippen molar-refractivity contribution in [3.8, 4) is 17.2 Å². The summed E-state index contributed by atoms with van der Waals surface area (Å²) in [5, 5.41) is 0. The van der Waals surface area contributed by atoms with Crippen LogP contribution in [0.4, 0.5) is 5.69 Å². The van der Waals surface area contributed by atoms with Crippen molar-refractivity contribution in [2.75, 3.05) is 24.7 Å². The number of rotatable bonds is 6. The second kappa shape index (κ2) is 8.90. The van der Waals surface area contributed by atoms with E-state index in [1.54, 1.807) is 36.4 Å². The Morgan fingerprint density at radius 1 is 0.971 bits per heavy atom. The van der Waals surface area contributed by atoms with E-state index in [2.05, 4.69) is 0 Å². The number of hydrogen-bond donors (Lipinski definition) is 0. The number of imide groups is 1. The van der Waals surface area contributed by atoms with Crippen LogP contribution in [0.5, 0.6) is 17.2 Å². The molecule has 2 aliphatic heterocycles. The molecular weight excluding hydrogens is 438 g/mol. The molecular formula is C26H21NO7. The minimum absolute atomic E-state index is 0.0184. The second-order valence-electron chi connectivity index (χ2n) is 7.73. The lowest BCUT2D eigenvalue weighted by Crippen LogP contribution is -2.34. The van der Waals surface area contributed by atoms with Crippen molar-refractivity contribution in [2.45, 2.75) is 13.0 Å². The van der Waals surface area contributed by atoms with Crippen LogP contribution in [0.15, 0.2) is 66.7 Å². The highest BCUT2D eigenvalue weighted by Gasteiger charge is 2.37. The maximum Gasteiger partial charge on any atom is 0.338 e. The molecule has 0 aliphatic carbocycles. The highest BCUT2D eigenvalue weighted by molar-refractivity contribution is 6.34. The number of benzene rings is 3. The SMILES string of the molecule is CCOc1ccc(N2C(=O)c3ccc(C(=O)OCC4COc5ccccc5O4)cc3C2=O)cc1. The topological polar surface area (TPSA) is 91.4 Å². The Morgan fingerprint density at radius 2 is 1.71 bits per heavy atom. The summed E-state index contributed by atoms with van der Waals surface area (Å²) >= 11 is 0. The fraction of sp³-hybridized carbons (Fsp3) is 0.192. The van der Waals surface area contributed by atoms with Crippen molar-refractivity contribution < 1.29 is 33.3 Å². The molecule has 0 saturated heterocycles. The largest absolute Gasteiger partial charge is 0.494 e. The van der Waals surface area contributed by atoms with E-state index in [1.807, 2.05) is 19.1 Å². The molecule has 0 N–H and O–H groups in total. The van der Waals surface area contributed by atoms with Gasteiger partial charge in [-0.05, 0) is 61.5 Å². The summed E-state index contributed by atoms with van der Waals surface area (Å²) in [6.45, 7) is 2.61. The quantitative estimate of drug-likeness (QED) is 0.408. The van der Waals surface area contributed by atoms with Crippen molar-refractivity contribution in [3.63, 3.8) is 0 Å². The molecule has 2 aliphatic rings. The highest BCUT2D eigenvalue weighted by Crippen LogP contribution is 2.32. The van der Waals surface area contributed by atoms with Gasteiger partial charge in [0, 0.05) is 0 Å². The van der Waals surface area contributed by atoms with Gasteiger partial charge in [0.05, 0.1) is 29.0 Å². The zero-order valence-electron chi connectivity index (χ0n) is 18.4. The maximum atomic E-state index is 13.0. The van der Waals surface area contributed by atoms with Crippen molar-refractivity contribution in [2.24, 2.45) is 0 Å². The smallest absolute Gasteiger partial charge is 0.338 e. The summed E-state index contributed by atoms with van der Waals surface area (Å²) < 4.78 is 22.2. The summed E-state index contributed by atoms with van der Waals surface area (Å²) in [5.41, 5.74) is 0.981.